The molecule has 1 rings (SSSR count). The molecule has 0 fully saturated rings. The average molecular weight is 263 g/mol. The third kappa shape index (κ3) is 4.85. The monoisotopic (exact) mass is 263 g/mol. The summed E-state index contributed by atoms with van der Waals surface area (Å²) in [6, 6.07) is 0. The minimum atomic E-state index is 0.574. The van der Waals surface area contributed by atoms with Crippen molar-refractivity contribution in [3.8, 4) is 0 Å². The normalized spacial score (nSPS) is 19.5. The van der Waals surface area contributed by atoms with Crippen LogP contribution in [0.1, 0.15) is 53.4 Å². The van der Waals surface area contributed by atoms with Crippen LogP contribution in [0.5, 0.6) is 0 Å². The lowest BCUT2D eigenvalue weighted by molar-refractivity contribution is 0.234. The van der Waals surface area contributed by atoms with E-state index in [2.05, 4.69) is 37.9 Å². The van der Waals surface area contributed by atoms with E-state index < -0.39 is 0 Å². The zero-order chi connectivity index (χ0) is 14.3. The maximum Gasteiger partial charge on any atom is 0.125 e. The summed E-state index contributed by atoms with van der Waals surface area (Å²) >= 11 is 0. The van der Waals surface area contributed by atoms with Crippen LogP contribution in [0.25, 0.3) is 0 Å². The third-order valence-corrected chi connectivity index (χ3v) is 4.08. The Morgan fingerprint density at radius 3 is 2.79 bits per heavy atom. The van der Waals surface area contributed by atoms with Crippen LogP contribution in [-0.4, -0.2) is 19.4 Å². The van der Waals surface area contributed by atoms with E-state index in [1.165, 1.54) is 24.2 Å². The predicted molar refractivity (Wildman–Crippen MR) is 83.6 cm³/mol. The molecule has 0 saturated carbocycles. The highest BCUT2D eigenvalue weighted by Crippen LogP contribution is 2.32. The highest BCUT2D eigenvalue weighted by Gasteiger charge is 2.20. The van der Waals surface area contributed by atoms with Crippen LogP contribution >= 0.6 is 0 Å². The van der Waals surface area contributed by atoms with Crippen molar-refractivity contribution < 1.29 is 4.74 Å². The Morgan fingerprint density at radius 2 is 2.16 bits per heavy atom. The molecule has 0 bridgehead atoms. The fourth-order valence-electron chi connectivity index (χ4n) is 2.49. The number of nitrogens with zero attached hydrogens (tertiary/aromatic N) is 1. The molecular formula is C17H29NO. The van der Waals surface area contributed by atoms with Crippen molar-refractivity contribution in [2.75, 3.05) is 13.7 Å². The first-order valence-electron chi connectivity index (χ1n) is 7.54. The number of ether oxygens (including phenoxy) is 1. The summed E-state index contributed by atoms with van der Waals surface area (Å²) in [6.45, 7) is 9.57. The first kappa shape index (κ1) is 16.0. The summed E-state index contributed by atoms with van der Waals surface area (Å²) in [5, 5.41) is 0. The lowest BCUT2D eigenvalue weighted by Gasteiger charge is -2.26. The van der Waals surface area contributed by atoms with Gasteiger partial charge in [-0.2, -0.15) is 0 Å². The van der Waals surface area contributed by atoms with Gasteiger partial charge in [-0.25, -0.2) is 0 Å². The molecule has 2 unspecified atom stereocenters. The molecule has 19 heavy (non-hydrogen) atoms. The molecule has 0 aromatic heterocycles. The minimum Gasteiger partial charge on any atom is -0.492 e. The SMILES string of the molecule is CCCC(C)C(C)C1=C(OCC(C)=NC)CCC=C1. The molecule has 0 aliphatic heterocycles. The molecule has 1 aliphatic carbocycles. The number of rotatable bonds is 7. The number of aliphatic imine (C=N–C) groups is 1. The van der Waals surface area contributed by atoms with Crippen molar-refractivity contribution in [3.63, 3.8) is 0 Å². The third-order valence-electron chi connectivity index (χ3n) is 4.08. The van der Waals surface area contributed by atoms with Gasteiger partial charge in [-0.15, -0.1) is 0 Å². The van der Waals surface area contributed by atoms with Crippen molar-refractivity contribution in [1.82, 2.24) is 0 Å². The summed E-state index contributed by atoms with van der Waals surface area (Å²) in [5.74, 6) is 2.47. The Bertz CT molecular complexity index is 365. The van der Waals surface area contributed by atoms with Crippen molar-refractivity contribution >= 4 is 5.71 Å². The van der Waals surface area contributed by atoms with Gasteiger partial charge in [-0.1, -0.05) is 45.8 Å². The van der Waals surface area contributed by atoms with Gasteiger partial charge in [0, 0.05) is 19.2 Å². The first-order chi connectivity index (χ1) is 9.10. The fourth-order valence-corrected chi connectivity index (χ4v) is 2.49. The number of allylic oxidation sites excluding steroid dienone is 4. The van der Waals surface area contributed by atoms with Crippen LogP contribution in [-0.2, 0) is 4.74 Å². The van der Waals surface area contributed by atoms with Crippen molar-refractivity contribution in [2.24, 2.45) is 16.8 Å². The summed E-state index contributed by atoms with van der Waals surface area (Å²) < 4.78 is 6.00. The lowest BCUT2D eigenvalue weighted by Crippen LogP contribution is -2.15. The molecule has 0 amide bonds. The molecule has 2 heteroatoms. The van der Waals surface area contributed by atoms with Crippen LogP contribution in [0.15, 0.2) is 28.5 Å². The van der Waals surface area contributed by atoms with Crippen LogP contribution in [0, 0.1) is 11.8 Å². The van der Waals surface area contributed by atoms with E-state index in [1.54, 1.807) is 0 Å². The molecule has 0 spiro atoms. The first-order valence-corrected chi connectivity index (χ1v) is 7.54. The smallest absolute Gasteiger partial charge is 0.125 e. The Hall–Kier alpha value is -1.05. The van der Waals surface area contributed by atoms with E-state index in [1.807, 2.05) is 14.0 Å². The second-order valence-corrected chi connectivity index (χ2v) is 5.62. The zero-order valence-corrected chi connectivity index (χ0v) is 13.2. The molecule has 108 valence electrons. The van der Waals surface area contributed by atoms with Crippen LogP contribution in [0.3, 0.4) is 0 Å². The molecule has 0 aromatic carbocycles. The highest BCUT2D eigenvalue weighted by molar-refractivity contribution is 5.83. The molecule has 0 saturated heterocycles. The molecule has 0 aromatic rings. The largest absolute Gasteiger partial charge is 0.492 e. The molecular weight excluding hydrogens is 234 g/mol. The Balaban J connectivity index is 2.78. The number of hydrogen-bond donors (Lipinski definition) is 0. The molecule has 0 radical (unpaired) electrons. The molecule has 0 N–H and O–H groups in total. The van der Waals surface area contributed by atoms with E-state index in [-0.39, 0.29) is 0 Å². The molecule has 0 heterocycles. The van der Waals surface area contributed by atoms with Crippen molar-refractivity contribution in [2.45, 2.75) is 53.4 Å². The van der Waals surface area contributed by atoms with Gasteiger partial charge in [0.2, 0.25) is 0 Å². The standard InChI is InChI=1S/C17H29NO/c1-6-9-13(2)15(4)16-10-7-8-11-17(16)19-12-14(3)18-5/h7,10,13,15H,6,8-9,11-12H2,1-5H3. The summed E-state index contributed by atoms with van der Waals surface area (Å²) in [4.78, 5) is 4.16. The maximum absolute atomic E-state index is 6.00. The highest BCUT2D eigenvalue weighted by atomic mass is 16.5. The van der Waals surface area contributed by atoms with Crippen molar-refractivity contribution in [1.29, 1.82) is 0 Å². The lowest BCUT2D eigenvalue weighted by atomic mass is 9.83. The Kier molecular flexibility index (Phi) is 6.90. The van der Waals surface area contributed by atoms with E-state index in [0.717, 1.165) is 18.6 Å². The summed E-state index contributed by atoms with van der Waals surface area (Å²) in [5.41, 5.74) is 2.45. The van der Waals surface area contributed by atoms with Gasteiger partial charge in [0.25, 0.3) is 0 Å². The van der Waals surface area contributed by atoms with E-state index in [0.29, 0.717) is 18.4 Å². The number of hydrogen-bond acceptors (Lipinski definition) is 2. The Labute approximate surface area is 118 Å². The van der Waals surface area contributed by atoms with Crippen LogP contribution < -0.4 is 0 Å². The topological polar surface area (TPSA) is 21.6 Å². The second-order valence-electron chi connectivity index (χ2n) is 5.62. The molecule has 2 atom stereocenters. The predicted octanol–water partition coefficient (Wildman–Crippen LogP) is 4.77. The van der Waals surface area contributed by atoms with Gasteiger partial charge < -0.3 is 4.74 Å². The maximum atomic E-state index is 6.00. The van der Waals surface area contributed by atoms with E-state index in [9.17, 15) is 0 Å². The minimum absolute atomic E-state index is 0.574. The van der Waals surface area contributed by atoms with Gasteiger partial charge in [0.1, 0.15) is 12.4 Å². The van der Waals surface area contributed by atoms with Gasteiger partial charge in [-0.05, 0) is 30.8 Å². The van der Waals surface area contributed by atoms with Gasteiger partial charge in [0.15, 0.2) is 0 Å². The van der Waals surface area contributed by atoms with Crippen LogP contribution in [0.4, 0.5) is 0 Å². The summed E-state index contributed by atoms with van der Waals surface area (Å²) in [6.07, 6.45) is 9.20. The summed E-state index contributed by atoms with van der Waals surface area (Å²) in [7, 11) is 1.82. The molecule has 2 nitrogen and oxygen atoms in total. The van der Waals surface area contributed by atoms with Crippen LogP contribution in [0.2, 0.25) is 0 Å². The quantitative estimate of drug-likeness (QED) is 0.606. The van der Waals surface area contributed by atoms with E-state index in [4.69, 9.17) is 4.74 Å². The van der Waals surface area contributed by atoms with Gasteiger partial charge in [-0.3, -0.25) is 4.99 Å². The zero-order valence-electron chi connectivity index (χ0n) is 13.2. The Morgan fingerprint density at radius 1 is 1.42 bits per heavy atom. The fraction of sp³-hybridized carbons (Fsp3) is 0.706. The van der Waals surface area contributed by atoms with Gasteiger partial charge >= 0.3 is 0 Å². The van der Waals surface area contributed by atoms with Gasteiger partial charge in [0.05, 0.1) is 0 Å². The second kappa shape index (κ2) is 8.19. The average Bonchev–Trinajstić information content (AvgIpc) is 2.44. The van der Waals surface area contributed by atoms with Crippen molar-refractivity contribution in [3.05, 3.63) is 23.5 Å². The van der Waals surface area contributed by atoms with E-state index >= 15 is 0 Å². The molecule has 1 aliphatic rings.